The second kappa shape index (κ2) is 7.56. The van der Waals surface area contributed by atoms with E-state index in [4.69, 9.17) is 4.74 Å². The van der Waals surface area contributed by atoms with Gasteiger partial charge in [0, 0.05) is 30.7 Å². The normalized spacial score (nSPS) is 10.8. The number of benzene rings is 1. The minimum Gasteiger partial charge on any atom is -0.492 e. The lowest BCUT2D eigenvalue weighted by Crippen LogP contribution is -2.19. The van der Waals surface area contributed by atoms with Crippen LogP contribution in [0.4, 0.5) is 11.6 Å². The Morgan fingerprint density at radius 2 is 2.08 bits per heavy atom. The third kappa shape index (κ3) is 4.30. The summed E-state index contributed by atoms with van der Waals surface area (Å²) in [6.45, 7) is 1.51. The molecule has 0 aliphatic rings. The van der Waals surface area contributed by atoms with Gasteiger partial charge in [-0.05, 0) is 38.4 Å². The molecule has 7 nitrogen and oxygen atoms in total. The third-order valence-electron chi connectivity index (χ3n) is 3.33. The second-order valence-corrected chi connectivity index (χ2v) is 5.54. The Balaban J connectivity index is 1.69. The lowest BCUT2D eigenvalue weighted by atomic mass is 10.3. The van der Waals surface area contributed by atoms with Gasteiger partial charge in [0.15, 0.2) is 0 Å². The molecule has 0 fully saturated rings. The van der Waals surface area contributed by atoms with Crippen molar-refractivity contribution >= 4 is 11.6 Å². The molecule has 2 heterocycles. The number of anilines is 2. The Labute approximate surface area is 140 Å². The van der Waals surface area contributed by atoms with Crippen LogP contribution in [0.25, 0.3) is 11.4 Å². The van der Waals surface area contributed by atoms with Gasteiger partial charge in [-0.2, -0.15) is 5.10 Å². The summed E-state index contributed by atoms with van der Waals surface area (Å²) in [4.78, 5) is 10.8. The molecular formula is C17H20N6O. The topological polar surface area (TPSA) is 79.0 Å². The summed E-state index contributed by atoms with van der Waals surface area (Å²) in [6.07, 6.45) is 3.40. The highest BCUT2D eigenvalue weighted by atomic mass is 16.5. The van der Waals surface area contributed by atoms with Crippen LogP contribution in [0.15, 0.2) is 48.8 Å². The van der Waals surface area contributed by atoms with Gasteiger partial charge in [-0.15, -0.1) is 0 Å². The van der Waals surface area contributed by atoms with Crippen LogP contribution in [0, 0.1) is 0 Å². The fraction of sp³-hybridized carbons (Fsp3) is 0.235. The number of hydrogen-bond acceptors (Lipinski definition) is 6. The molecule has 24 heavy (non-hydrogen) atoms. The van der Waals surface area contributed by atoms with Crippen LogP contribution < -0.4 is 10.1 Å². The minimum absolute atomic E-state index is 0.521. The lowest BCUT2D eigenvalue weighted by molar-refractivity contribution is 0.261. The van der Waals surface area contributed by atoms with Crippen molar-refractivity contribution in [2.45, 2.75) is 0 Å². The second-order valence-electron chi connectivity index (χ2n) is 5.54. The smallest absolute Gasteiger partial charge is 0.227 e. The molecule has 0 aliphatic carbocycles. The summed E-state index contributed by atoms with van der Waals surface area (Å²) in [5.41, 5.74) is 2.50. The highest BCUT2D eigenvalue weighted by Gasteiger charge is 2.04. The van der Waals surface area contributed by atoms with E-state index in [9.17, 15) is 0 Å². The molecule has 0 spiro atoms. The van der Waals surface area contributed by atoms with Crippen LogP contribution in [-0.2, 0) is 0 Å². The largest absolute Gasteiger partial charge is 0.492 e. The number of nitrogens with one attached hydrogen (secondary N) is 2. The highest BCUT2D eigenvalue weighted by molar-refractivity contribution is 5.59. The lowest BCUT2D eigenvalue weighted by Gasteiger charge is -2.12. The van der Waals surface area contributed by atoms with E-state index in [0.717, 1.165) is 29.4 Å². The zero-order valence-electron chi connectivity index (χ0n) is 13.7. The molecule has 3 rings (SSSR count). The van der Waals surface area contributed by atoms with Crippen molar-refractivity contribution in [3.05, 3.63) is 48.8 Å². The van der Waals surface area contributed by atoms with Crippen molar-refractivity contribution in [3.8, 4) is 17.1 Å². The number of aromatic nitrogens is 4. The average Bonchev–Trinajstić information content (AvgIpc) is 3.10. The van der Waals surface area contributed by atoms with Crippen molar-refractivity contribution in [3.63, 3.8) is 0 Å². The number of hydrogen-bond donors (Lipinski definition) is 2. The van der Waals surface area contributed by atoms with Gasteiger partial charge >= 0.3 is 0 Å². The standard InChI is InChI=1S/C17H20N6O/c1-23(2)10-11-24-14-5-3-4-13(12-14)20-17-18-8-6-15(21-17)16-7-9-19-22-16/h3-9,12H,10-11H2,1-2H3,(H,19,22)(H,18,20,21). The number of likely N-dealkylation sites (N-methyl/N-ethyl adjacent to an activating group) is 1. The third-order valence-corrected chi connectivity index (χ3v) is 3.33. The van der Waals surface area contributed by atoms with Crippen molar-refractivity contribution in [1.82, 2.24) is 25.1 Å². The first-order valence-electron chi connectivity index (χ1n) is 7.68. The molecule has 7 heteroatoms. The van der Waals surface area contributed by atoms with Crippen LogP contribution in [0.3, 0.4) is 0 Å². The molecule has 0 saturated carbocycles. The Hall–Kier alpha value is -2.93. The summed E-state index contributed by atoms with van der Waals surface area (Å²) >= 11 is 0. The molecule has 1 aromatic carbocycles. The fourth-order valence-corrected chi connectivity index (χ4v) is 2.11. The molecule has 2 aromatic heterocycles. The predicted molar refractivity (Wildman–Crippen MR) is 93.4 cm³/mol. The van der Waals surface area contributed by atoms with Gasteiger partial charge < -0.3 is 15.0 Å². The molecule has 124 valence electrons. The van der Waals surface area contributed by atoms with Gasteiger partial charge in [0.2, 0.25) is 5.95 Å². The molecule has 0 bridgehead atoms. The van der Waals surface area contributed by atoms with E-state index in [0.29, 0.717) is 12.6 Å². The maximum atomic E-state index is 5.74. The van der Waals surface area contributed by atoms with Crippen LogP contribution in [-0.4, -0.2) is 52.3 Å². The van der Waals surface area contributed by atoms with Gasteiger partial charge in [-0.3, -0.25) is 5.10 Å². The van der Waals surface area contributed by atoms with E-state index in [-0.39, 0.29) is 0 Å². The SMILES string of the molecule is CN(C)CCOc1cccc(Nc2nccc(-c3ccn[nH]3)n2)c1. The molecule has 0 saturated heterocycles. The van der Waals surface area contributed by atoms with Gasteiger partial charge in [-0.1, -0.05) is 6.07 Å². The van der Waals surface area contributed by atoms with Gasteiger partial charge in [0.25, 0.3) is 0 Å². The molecule has 0 atom stereocenters. The van der Waals surface area contributed by atoms with Crippen LogP contribution >= 0.6 is 0 Å². The molecule has 3 aromatic rings. The van der Waals surface area contributed by atoms with E-state index in [1.807, 2.05) is 50.5 Å². The van der Waals surface area contributed by atoms with E-state index >= 15 is 0 Å². The molecular weight excluding hydrogens is 304 g/mol. The van der Waals surface area contributed by atoms with E-state index < -0.39 is 0 Å². The maximum Gasteiger partial charge on any atom is 0.227 e. The molecule has 2 N–H and O–H groups in total. The number of aromatic amines is 1. The first-order valence-corrected chi connectivity index (χ1v) is 7.68. The number of nitrogens with zero attached hydrogens (tertiary/aromatic N) is 4. The quantitative estimate of drug-likeness (QED) is 0.695. The monoisotopic (exact) mass is 324 g/mol. The average molecular weight is 324 g/mol. The van der Waals surface area contributed by atoms with Crippen LogP contribution in [0.5, 0.6) is 5.75 Å². The summed E-state index contributed by atoms with van der Waals surface area (Å²) < 4.78 is 5.74. The van der Waals surface area contributed by atoms with Crippen molar-refractivity contribution in [2.75, 3.05) is 32.6 Å². The summed E-state index contributed by atoms with van der Waals surface area (Å²) in [5.74, 6) is 1.33. The van der Waals surface area contributed by atoms with Crippen molar-refractivity contribution < 1.29 is 4.74 Å². The highest BCUT2D eigenvalue weighted by Crippen LogP contribution is 2.21. The van der Waals surface area contributed by atoms with Crippen LogP contribution in [0.1, 0.15) is 0 Å². The molecule has 0 unspecified atom stereocenters. The first-order chi connectivity index (χ1) is 11.7. The maximum absolute atomic E-state index is 5.74. The van der Waals surface area contributed by atoms with Crippen LogP contribution in [0.2, 0.25) is 0 Å². The Morgan fingerprint density at radius 3 is 2.88 bits per heavy atom. The summed E-state index contributed by atoms with van der Waals surface area (Å²) in [7, 11) is 4.04. The number of rotatable bonds is 7. The Bertz CT molecular complexity index is 772. The zero-order valence-corrected chi connectivity index (χ0v) is 13.7. The van der Waals surface area contributed by atoms with Crippen molar-refractivity contribution in [1.29, 1.82) is 0 Å². The minimum atomic E-state index is 0.521. The fourth-order valence-electron chi connectivity index (χ4n) is 2.11. The number of ether oxygens (including phenoxy) is 1. The van der Waals surface area contributed by atoms with E-state index in [1.54, 1.807) is 12.4 Å². The Kier molecular flexibility index (Phi) is 5.02. The van der Waals surface area contributed by atoms with E-state index in [1.165, 1.54) is 0 Å². The van der Waals surface area contributed by atoms with Crippen molar-refractivity contribution in [2.24, 2.45) is 0 Å². The number of H-pyrrole nitrogens is 1. The molecule has 0 radical (unpaired) electrons. The van der Waals surface area contributed by atoms with E-state index in [2.05, 4.69) is 30.4 Å². The van der Waals surface area contributed by atoms with Gasteiger partial charge in [-0.25, -0.2) is 9.97 Å². The first kappa shape index (κ1) is 15.9. The predicted octanol–water partition coefficient (Wildman–Crippen LogP) is 2.55. The molecule has 0 aliphatic heterocycles. The van der Waals surface area contributed by atoms with Gasteiger partial charge in [0.05, 0.1) is 11.4 Å². The zero-order chi connectivity index (χ0) is 16.8. The summed E-state index contributed by atoms with van der Waals surface area (Å²) in [6, 6.07) is 11.5. The Morgan fingerprint density at radius 1 is 1.17 bits per heavy atom. The van der Waals surface area contributed by atoms with Gasteiger partial charge in [0.1, 0.15) is 12.4 Å². The summed E-state index contributed by atoms with van der Waals surface area (Å²) in [5, 5.41) is 10.0. The molecule has 0 amide bonds.